The Hall–Kier alpha value is -3.43. The minimum Gasteiger partial charge on any atom is -0.511 e. The van der Waals surface area contributed by atoms with Crippen molar-refractivity contribution in [1.29, 1.82) is 0 Å². The van der Waals surface area contributed by atoms with Crippen LogP contribution in [0.15, 0.2) is 72.9 Å². The second-order valence-corrected chi connectivity index (χ2v) is 11.8. The number of fused-ring (bicyclic) bond motifs is 5. The van der Waals surface area contributed by atoms with Gasteiger partial charge < -0.3 is 18.8 Å². The molecule has 6 heteroatoms. The van der Waals surface area contributed by atoms with Crippen LogP contribution in [0.4, 0.5) is 5.69 Å². The van der Waals surface area contributed by atoms with Crippen LogP contribution >= 0.6 is 0 Å². The van der Waals surface area contributed by atoms with Gasteiger partial charge in [-0.2, -0.15) is 18.2 Å². The predicted molar refractivity (Wildman–Crippen MR) is 156 cm³/mol. The summed E-state index contributed by atoms with van der Waals surface area (Å²) in [4.78, 5) is 7.08. The van der Waals surface area contributed by atoms with Gasteiger partial charge in [-0.3, -0.25) is 0 Å². The van der Waals surface area contributed by atoms with Gasteiger partial charge in [-0.05, 0) is 53.2 Å². The molecule has 7 rings (SSSR count). The summed E-state index contributed by atoms with van der Waals surface area (Å²) in [5.74, 6) is 2.89. The number of nitrogens with zero attached hydrogens (tertiary/aromatic N) is 4. The fraction of sp³-hybridized carbons (Fsp3) is 0.294. The van der Waals surface area contributed by atoms with Crippen molar-refractivity contribution in [3.05, 3.63) is 90.6 Å². The molecule has 2 bridgehead atoms. The largest absolute Gasteiger partial charge is 0.511 e. The number of ether oxygens (including phenoxy) is 1. The van der Waals surface area contributed by atoms with Gasteiger partial charge in [-0.25, -0.2) is 11.1 Å². The van der Waals surface area contributed by atoms with Crippen LogP contribution in [0.5, 0.6) is 11.5 Å². The third-order valence-corrected chi connectivity index (χ3v) is 7.88. The molecule has 2 aromatic heterocycles. The number of hydrogen-bond acceptors (Lipinski definition) is 3. The second kappa shape index (κ2) is 10.5. The molecule has 0 aliphatic carbocycles. The van der Waals surface area contributed by atoms with Crippen molar-refractivity contribution in [3.63, 3.8) is 0 Å². The molecule has 3 aromatic carbocycles. The first-order valence-electron chi connectivity index (χ1n) is 13.8. The first-order chi connectivity index (χ1) is 18.9. The summed E-state index contributed by atoms with van der Waals surface area (Å²) in [5.41, 5.74) is 4.30. The van der Waals surface area contributed by atoms with Crippen molar-refractivity contribution in [2.45, 2.75) is 39.0 Å². The summed E-state index contributed by atoms with van der Waals surface area (Å²) in [5, 5.41) is 2.29. The first-order valence-corrected chi connectivity index (χ1v) is 13.8. The molecule has 206 valence electrons. The van der Waals surface area contributed by atoms with Crippen molar-refractivity contribution in [1.82, 2.24) is 14.5 Å². The van der Waals surface area contributed by atoms with Crippen LogP contribution in [-0.2, 0) is 26.5 Å². The number of hydrogen-bond donors (Lipinski definition) is 0. The Bertz CT molecular complexity index is 1730. The third-order valence-electron chi connectivity index (χ3n) is 7.88. The van der Waals surface area contributed by atoms with Gasteiger partial charge in [0.1, 0.15) is 12.2 Å². The summed E-state index contributed by atoms with van der Waals surface area (Å²) in [6, 6.07) is 30.0. The van der Waals surface area contributed by atoms with Crippen LogP contribution in [0, 0.1) is 18.1 Å². The van der Waals surface area contributed by atoms with Crippen LogP contribution < -0.4 is 4.74 Å². The minimum absolute atomic E-state index is 0. The molecule has 5 nitrogen and oxygen atoms in total. The van der Waals surface area contributed by atoms with Crippen LogP contribution in [0.1, 0.15) is 39.2 Å². The van der Waals surface area contributed by atoms with Gasteiger partial charge in [0, 0.05) is 44.4 Å². The standard InChI is InChI=1S/C34H32N4O.Pt/c1-34(2,3)25-15-16-35-33(18-25)38-31-12-5-4-11-29(31)30-14-13-28(20-32(30)38)39-27-10-6-9-26(19-27)37-22-24-8-7-17-36(21-24)23-37;/h4-6,9-16,18,24H,7-8,17,21-22H2,1-3H3;/q-2;. The fourth-order valence-corrected chi connectivity index (χ4v) is 5.88. The Morgan fingerprint density at radius 2 is 1.80 bits per heavy atom. The molecular weight excluding hydrogens is 675 g/mol. The van der Waals surface area contributed by atoms with Crippen LogP contribution in [0.3, 0.4) is 0 Å². The van der Waals surface area contributed by atoms with Crippen molar-refractivity contribution in [2.24, 2.45) is 5.92 Å². The average molecular weight is 708 g/mol. The van der Waals surface area contributed by atoms with Gasteiger partial charge in [0.05, 0.1) is 19.6 Å². The topological polar surface area (TPSA) is 33.3 Å². The van der Waals surface area contributed by atoms with Gasteiger partial charge >= 0.3 is 0 Å². The molecule has 2 aliphatic rings. The molecule has 0 radical (unpaired) electrons. The minimum atomic E-state index is 0. The van der Waals surface area contributed by atoms with E-state index >= 15 is 0 Å². The number of aromatic nitrogens is 2. The Labute approximate surface area is 250 Å². The maximum absolute atomic E-state index is 6.36. The van der Waals surface area contributed by atoms with E-state index in [4.69, 9.17) is 9.72 Å². The predicted octanol–water partition coefficient (Wildman–Crippen LogP) is 7.14. The summed E-state index contributed by atoms with van der Waals surface area (Å²) in [6.07, 6.45) is 7.97. The Morgan fingerprint density at radius 1 is 0.950 bits per heavy atom. The van der Waals surface area contributed by atoms with E-state index in [1.165, 1.54) is 23.8 Å². The summed E-state index contributed by atoms with van der Waals surface area (Å²) >= 11 is 0. The van der Waals surface area contributed by atoms with Crippen molar-refractivity contribution >= 4 is 33.8 Å². The summed E-state index contributed by atoms with van der Waals surface area (Å²) in [6.45, 7) is 9.86. The molecule has 2 aliphatic heterocycles. The zero-order valence-electron chi connectivity index (χ0n) is 23.1. The quantitative estimate of drug-likeness (QED) is 0.147. The maximum Gasteiger partial charge on any atom is 0.135 e. The molecule has 1 unspecified atom stereocenters. The third kappa shape index (κ3) is 4.97. The molecule has 4 heterocycles. The van der Waals surface area contributed by atoms with Crippen molar-refractivity contribution in [2.75, 3.05) is 19.6 Å². The van der Waals surface area contributed by atoms with Crippen LogP contribution in [0.2, 0.25) is 0 Å². The Kier molecular flexibility index (Phi) is 7.04. The molecule has 0 N–H and O–H groups in total. The van der Waals surface area contributed by atoms with Gasteiger partial charge in [-0.1, -0.05) is 44.5 Å². The fourth-order valence-electron chi connectivity index (χ4n) is 5.88. The smallest absolute Gasteiger partial charge is 0.135 e. The van der Waals surface area contributed by atoms with E-state index in [2.05, 4.69) is 102 Å². The number of pyridine rings is 1. The zero-order chi connectivity index (χ0) is 26.6. The Morgan fingerprint density at radius 3 is 2.65 bits per heavy atom. The average Bonchev–Trinajstić information content (AvgIpc) is 3.26. The zero-order valence-corrected chi connectivity index (χ0v) is 25.3. The number of benzene rings is 3. The molecular formula is C34H32N4OPt-2. The van der Waals surface area contributed by atoms with Gasteiger partial charge in [0.15, 0.2) is 0 Å². The van der Waals surface area contributed by atoms with Gasteiger partial charge in [0.25, 0.3) is 0 Å². The number of rotatable bonds is 4. The molecule has 1 saturated heterocycles. The Balaban J connectivity index is 0.00000289. The monoisotopic (exact) mass is 707 g/mol. The normalized spacial score (nSPS) is 17.0. The second-order valence-electron chi connectivity index (χ2n) is 11.8. The van der Waals surface area contributed by atoms with Gasteiger partial charge in [-0.15, -0.1) is 29.3 Å². The van der Waals surface area contributed by atoms with E-state index in [0.29, 0.717) is 17.4 Å². The van der Waals surface area contributed by atoms with E-state index in [0.717, 1.165) is 47.6 Å². The molecule has 0 spiro atoms. The summed E-state index contributed by atoms with van der Waals surface area (Å²) in [7, 11) is 0. The number of para-hydroxylation sites is 1. The number of piperidine rings is 1. The van der Waals surface area contributed by atoms with Crippen molar-refractivity contribution in [3.8, 4) is 17.3 Å². The first kappa shape index (κ1) is 26.8. The van der Waals surface area contributed by atoms with Gasteiger partial charge in [0.2, 0.25) is 0 Å². The summed E-state index contributed by atoms with van der Waals surface area (Å²) < 4.78 is 10.7. The van der Waals surface area contributed by atoms with E-state index < -0.39 is 0 Å². The molecule has 0 saturated carbocycles. The van der Waals surface area contributed by atoms with E-state index in [1.807, 2.05) is 24.4 Å². The van der Waals surface area contributed by atoms with E-state index in [9.17, 15) is 0 Å². The van der Waals surface area contributed by atoms with E-state index in [-0.39, 0.29) is 26.5 Å². The van der Waals surface area contributed by atoms with E-state index in [1.54, 1.807) is 0 Å². The van der Waals surface area contributed by atoms with Crippen LogP contribution in [0.25, 0.3) is 27.6 Å². The molecule has 0 amide bonds. The molecule has 1 fully saturated rings. The molecule has 40 heavy (non-hydrogen) atoms. The molecule has 5 aromatic rings. The van der Waals surface area contributed by atoms with Crippen LogP contribution in [-0.4, -0.2) is 45.0 Å². The maximum atomic E-state index is 6.36. The molecule has 1 atom stereocenters. The SMILES string of the molecule is CC(C)(C)c1ccnc(-n2c3[c-]c(Oc4[c-]c([N+]5=[C-]N6CCCC(C6)C5)ccc4)ccc3c3ccccc32)c1.[Pt]. The van der Waals surface area contributed by atoms with Crippen molar-refractivity contribution < 1.29 is 30.4 Å².